The van der Waals surface area contributed by atoms with Gasteiger partial charge in [-0.25, -0.2) is 0 Å². The van der Waals surface area contributed by atoms with Gasteiger partial charge in [-0.3, -0.25) is 4.79 Å². The smallest absolute Gasteiger partial charge is 0.406 e. The van der Waals surface area contributed by atoms with Crippen molar-refractivity contribution >= 4 is 11.9 Å². The van der Waals surface area contributed by atoms with Gasteiger partial charge in [0.2, 0.25) is 0 Å². The highest BCUT2D eigenvalue weighted by Crippen LogP contribution is 2.26. The Balaban J connectivity index is 3.18. The van der Waals surface area contributed by atoms with Gasteiger partial charge in [-0.05, 0) is 24.1 Å². The highest BCUT2D eigenvalue weighted by Gasteiger charge is 2.31. The Morgan fingerprint density at radius 3 is 2.50 bits per heavy atom. The molecule has 0 radical (unpaired) electrons. The summed E-state index contributed by atoms with van der Waals surface area (Å²) >= 11 is 0. The molecule has 0 spiro atoms. The summed E-state index contributed by atoms with van der Waals surface area (Å²) in [5, 5.41) is 0. The van der Waals surface area contributed by atoms with E-state index in [4.69, 9.17) is 11.5 Å². The van der Waals surface area contributed by atoms with Gasteiger partial charge in [0.05, 0.1) is 0 Å². The molecule has 0 bridgehead atoms. The number of carbonyl (C=O) groups is 1. The molecular weight excluding hydrogens is 275 g/mol. The Bertz CT molecular complexity index is 523. The first-order valence-electron chi connectivity index (χ1n) is 5.75. The lowest BCUT2D eigenvalue weighted by molar-refractivity contribution is -0.274. The van der Waals surface area contributed by atoms with Crippen LogP contribution in [0, 0.1) is 0 Å². The van der Waals surface area contributed by atoms with Gasteiger partial charge >= 0.3 is 6.36 Å². The maximum atomic E-state index is 12.2. The van der Waals surface area contributed by atoms with Gasteiger partial charge in [0.1, 0.15) is 5.75 Å². The summed E-state index contributed by atoms with van der Waals surface area (Å²) in [4.78, 5) is 15.1. The third kappa shape index (κ3) is 4.79. The molecule has 1 rings (SSSR count). The van der Waals surface area contributed by atoms with Crippen molar-refractivity contribution in [3.63, 3.8) is 0 Å². The fourth-order valence-electron chi connectivity index (χ4n) is 1.62. The zero-order valence-corrected chi connectivity index (χ0v) is 10.7. The number of ether oxygens (including phenoxy) is 1. The van der Waals surface area contributed by atoms with E-state index in [2.05, 4.69) is 9.73 Å². The second-order valence-corrected chi connectivity index (χ2v) is 3.96. The number of aliphatic imine (C=N–C) groups is 1. The third-order valence-corrected chi connectivity index (χ3v) is 2.30. The molecule has 0 fully saturated rings. The number of rotatable bonds is 4. The summed E-state index contributed by atoms with van der Waals surface area (Å²) in [6, 6.07) is 3.51. The van der Waals surface area contributed by atoms with Crippen molar-refractivity contribution in [3.05, 3.63) is 29.3 Å². The van der Waals surface area contributed by atoms with E-state index in [0.717, 1.165) is 12.1 Å². The van der Waals surface area contributed by atoms with Crippen LogP contribution >= 0.6 is 0 Å². The van der Waals surface area contributed by atoms with Gasteiger partial charge in [0.25, 0.3) is 5.91 Å². The molecule has 0 aromatic heterocycles. The molecule has 0 unspecified atom stereocenters. The number of nitrogens with two attached hydrogens (primary N) is 2. The quantitative estimate of drug-likeness (QED) is 0.654. The first-order chi connectivity index (χ1) is 9.23. The normalized spacial score (nSPS) is 11.0. The van der Waals surface area contributed by atoms with Crippen LogP contribution in [0.25, 0.3) is 0 Å². The van der Waals surface area contributed by atoms with Crippen molar-refractivity contribution in [2.75, 3.05) is 0 Å². The number of nitrogens with zero attached hydrogens (tertiary/aromatic N) is 1. The third-order valence-electron chi connectivity index (χ3n) is 2.30. The Labute approximate surface area is 113 Å². The minimum atomic E-state index is -4.83. The number of halogens is 3. The lowest BCUT2D eigenvalue weighted by atomic mass is 10.0. The summed E-state index contributed by atoms with van der Waals surface area (Å²) in [5.41, 5.74) is 10.7. The molecule has 0 aliphatic heterocycles. The molecule has 110 valence electrons. The molecule has 0 aliphatic carbocycles. The summed E-state index contributed by atoms with van der Waals surface area (Å²) in [7, 11) is 0. The van der Waals surface area contributed by atoms with Crippen LogP contribution in [-0.4, -0.2) is 18.2 Å². The van der Waals surface area contributed by atoms with Crippen molar-refractivity contribution in [2.24, 2.45) is 16.5 Å². The van der Waals surface area contributed by atoms with Crippen molar-refractivity contribution in [2.45, 2.75) is 26.1 Å². The lowest BCUT2D eigenvalue weighted by Gasteiger charge is -2.12. The average Bonchev–Trinajstić information content (AvgIpc) is 2.28. The summed E-state index contributed by atoms with van der Waals surface area (Å²) in [5.74, 6) is -1.76. The minimum absolute atomic E-state index is 0.0120. The molecule has 0 saturated carbocycles. The van der Waals surface area contributed by atoms with Crippen LogP contribution in [-0.2, 0) is 6.42 Å². The van der Waals surface area contributed by atoms with E-state index in [0.29, 0.717) is 18.4 Å². The molecule has 4 N–H and O–H groups in total. The van der Waals surface area contributed by atoms with Crippen LogP contribution in [0.5, 0.6) is 5.75 Å². The van der Waals surface area contributed by atoms with Gasteiger partial charge in [0.15, 0.2) is 5.96 Å². The zero-order chi connectivity index (χ0) is 15.3. The van der Waals surface area contributed by atoms with Crippen molar-refractivity contribution in [1.29, 1.82) is 0 Å². The van der Waals surface area contributed by atoms with Gasteiger partial charge in [-0.2, -0.15) is 4.99 Å². The van der Waals surface area contributed by atoms with E-state index in [-0.39, 0.29) is 5.56 Å². The van der Waals surface area contributed by atoms with Gasteiger partial charge in [-0.15, -0.1) is 13.2 Å². The Morgan fingerprint density at radius 1 is 1.35 bits per heavy atom. The van der Waals surface area contributed by atoms with Crippen LogP contribution in [0.3, 0.4) is 0 Å². The fraction of sp³-hybridized carbons (Fsp3) is 0.333. The van der Waals surface area contributed by atoms with E-state index < -0.39 is 24.0 Å². The second-order valence-electron chi connectivity index (χ2n) is 3.96. The molecule has 5 nitrogen and oxygen atoms in total. The number of hydrogen-bond acceptors (Lipinski definition) is 2. The van der Waals surface area contributed by atoms with E-state index >= 15 is 0 Å². The van der Waals surface area contributed by atoms with Crippen LogP contribution in [0.4, 0.5) is 13.2 Å². The average molecular weight is 289 g/mol. The SMILES string of the molecule is CCCc1ccc(OC(F)(F)F)cc1C(=O)N=C(N)N. The van der Waals surface area contributed by atoms with Crippen molar-refractivity contribution < 1.29 is 22.7 Å². The summed E-state index contributed by atoms with van der Waals surface area (Å²) in [6.07, 6.45) is -3.61. The van der Waals surface area contributed by atoms with E-state index in [1.807, 2.05) is 6.92 Å². The van der Waals surface area contributed by atoms with Gasteiger partial charge < -0.3 is 16.2 Å². The van der Waals surface area contributed by atoms with E-state index in [1.165, 1.54) is 6.07 Å². The minimum Gasteiger partial charge on any atom is -0.406 e. The standard InChI is InChI=1S/C12H14F3N3O2/c1-2-3-7-4-5-8(20-12(13,14)15)6-9(7)10(19)18-11(16)17/h4-6H,2-3H2,1H3,(H4,16,17,18,19). The largest absolute Gasteiger partial charge is 0.573 e. The number of amides is 1. The van der Waals surface area contributed by atoms with E-state index in [9.17, 15) is 18.0 Å². The monoisotopic (exact) mass is 289 g/mol. The first-order valence-corrected chi connectivity index (χ1v) is 5.75. The highest BCUT2D eigenvalue weighted by atomic mass is 19.4. The molecule has 0 aliphatic rings. The van der Waals surface area contributed by atoms with Gasteiger partial charge in [0, 0.05) is 5.56 Å². The summed E-state index contributed by atoms with van der Waals surface area (Å²) < 4.78 is 40.2. The number of aryl methyl sites for hydroxylation is 1. The number of benzene rings is 1. The molecule has 8 heteroatoms. The molecule has 1 aromatic carbocycles. The predicted molar refractivity (Wildman–Crippen MR) is 67.3 cm³/mol. The summed E-state index contributed by atoms with van der Waals surface area (Å²) in [6.45, 7) is 1.87. The number of alkyl halides is 3. The van der Waals surface area contributed by atoms with Crippen LogP contribution in [0.15, 0.2) is 23.2 Å². The van der Waals surface area contributed by atoms with Crippen molar-refractivity contribution in [3.8, 4) is 5.75 Å². The van der Waals surface area contributed by atoms with E-state index in [1.54, 1.807) is 0 Å². The lowest BCUT2D eigenvalue weighted by Crippen LogP contribution is -2.24. The predicted octanol–water partition coefficient (Wildman–Crippen LogP) is 1.95. The maximum Gasteiger partial charge on any atom is 0.573 e. The van der Waals surface area contributed by atoms with Crippen LogP contribution in [0.2, 0.25) is 0 Å². The molecule has 20 heavy (non-hydrogen) atoms. The van der Waals surface area contributed by atoms with Crippen LogP contribution < -0.4 is 16.2 Å². The Kier molecular flexibility index (Phi) is 4.95. The number of carbonyl (C=O) groups excluding carboxylic acids is 1. The van der Waals surface area contributed by atoms with Crippen molar-refractivity contribution in [1.82, 2.24) is 0 Å². The molecule has 0 saturated heterocycles. The molecule has 1 amide bonds. The first kappa shape index (κ1) is 15.8. The zero-order valence-electron chi connectivity index (χ0n) is 10.7. The maximum absolute atomic E-state index is 12.2. The Morgan fingerprint density at radius 2 is 2.00 bits per heavy atom. The molecule has 1 aromatic rings. The fourth-order valence-corrected chi connectivity index (χ4v) is 1.62. The number of guanidine groups is 1. The topological polar surface area (TPSA) is 90.7 Å². The molecular formula is C12H14F3N3O2. The number of hydrogen-bond donors (Lipinski definition) is 2. The Hall–Kier alpha value is -2.25. The molecule has 0 atom stereocenters. The molecule has 0 heterocycles. The van der Waals surface area contributed by atoms with Gasteiger partial charge in [-0.1, -0.05) is 19.4 Å². The highest BCUT2D eigenvalue weighted by molar-refractivity contribution is 6.03. The van der Waals surface area contributed by atoms with Crippen LogP contribution in [0.1, 0.15) is 29.3 Å². The second kappa shape index (κ2) is 6.27.